The number of piperidine rings is 1. The van der Waals surface area contributed by atoms with Gasteiger partial charge in [-0.1, -0.05) is 48.5 Å². The van der Waals surface area contributed by atoms with Crippen LogP contribution in [0.2, 0.25) is 0 Å². The summed E-state index contributed by atoms with van der Waals surface area (Å²) in [6, 6.07) is 16.3. The third-order valence-electron chi connectivity index (χ3n) is 4.97. The lowest BCUT2D eigenvalue weighted by atomic mass is 9.97. The molecule has 4 rings (SSSR count). The van der Waals surface area contributed by atoms with Crippen molar-refractivity contribution in [1.29, 1.82) is 0 Å². The zero-order chi connectivity index (χ0) is 20.9. The lowest BCUT2D eigenvalue weighted by molar-refractivity contribution is 0.0514. The van der Waals surface area contributed by atoms with Crippen LogP contribution in [0.25, 0.3) is 0 Å². The highest BCUT2D eigenvalue weighted by atomic mass is 79.9. The predicted octanol–water partition coefficient (Wildman–Crippen LogP) is 4.15. The van der Waals surface area contributed by atoms with Gasteiger partial charge in [0.15, 0.2) is 5.78 Å². The first-order valence-corrected chi connectivity index (χ1v) is 10.5. The van der Waals surface area contributed by atoms with Crippen molar-refractivity contribution in [2.24, 2.45) is 0 Å². The van der Waals surface area contributed by atoms with Gasteiger partial charge >= 0.3 is 6.01 Å². The van der Waals surface area contributed by atoms with E-state index in [1.165, 1.54) is 0 Å². The Morgan fingerprint density at radius 1 is 0.967 bits per heavy atom. The molecule has 1 aliphatic rings. The van der Waals surface area contributed by atoms with Crippen molar-refractivity contribution >= 4 is 27.6 Å². The highest BCUT2D eigenvalue weighted by Gasteiger charge is 2.28. The molecule has 1 unspecified atom stereocenters. The molecular formula is C23H20BrN3O3. The first-order chi connectivity index (χ1) is 14.6. The fourth-order valence-electron chi connectivity index (χ4n) is 3.51. The normalized spacial score (nSPS) is 16.2. The van der Waals surface area contributed by atoms with E-state index in [1.807, 2.05) is 18.2 Å². The molecule has 0 radical (unpaired) electrons. The molecule has 1 aromatic heterocycles. The van der Waals surface area contributed by atoms with Crippen LogP contribution >= 0.6 is 15.9 Å². The summed E-state index contributed by atoms with van der Waals surface area (Å²) in [7, 11) is 0. The molecule has 7 heteroatoms. The van der Waals surface area contributed by atoms with Crippen LogP contribution in [0.1, 0.15) is 39.1 Å². The quantitative estimate of drug-likeness (QED) is 0.529. The van der Waals surface area contributed by atoms with Crippen molar-refractivity contribution in [3.8, 4) is 6.01 Å². The standard InChI is InChI=1S/C23H20BrN3O3/c24-17-13-25-23(26-14-17)30-18-9-6-12-27(15-18)22(29)20-11-5-4-10-19(20)21(28)16-7-2-1-3-8-16/h1-5,7-8,10-11,13-14,18H,6,9,12,15H2. The van der Waals surface area contributed by atoms with Crippen molar-refractivity contribution in [3.63, 3.8) is 0 Å². The smallest absolute Gasteiger partial charge is 0.316 e. The maximum atomic E-state index is 13.3. The van der Waals surface area contributed by atoms with Gasteiger partial charge in [0.2, 0.25) is 0 Å². The number of hydrogen-bond donors (Lipinski definition) is 0. The topological polar surface area (TPSA) is 72.4 Å². The van der Waals surface area contributed by atoms with Gasteiger partial charge in [-0.05, 0) is 34.8 Å². The molecular weight excluding hydrogens is 446 g/mol. The highest BCUT2D eigenvalue weighted by Crippen LogP contribution is 2.21. The van der Waals surface area contributed by atoms with Crippen molar-refractivity contribution in [2.75, 3.05) is 13.1 Å². The fraction of sp³-hybridized carbons (Fsp3) is 0.217. The third-order valence-corrected chi connectivity index (χ3v) is 5.38. The average Bonchev–Trinajstić information content (AvgIpc) is 2.80. The average molecular weight is 466 g/mol. The van der Waals surface area contributed by atoms with Gasteiger partial charge in [0.05, 0.1) is 16.6 Å². The summed E-state index contributed by atoms with van der Waals surface area (Å²) in [5, 5.41) is 0. The second-order valence-electron chi connectivity index (χ2n) is 7.06. The van der Waals surface area contributed by atoms with Crippen molar-refractivity contribution < 1.29 is 14.3 Å². The van der Waals surface area contributed by atoms with Crippen LogP contribution in [0.3, 0.4) is 0 Å². The van der Waals surface area contributed by atoms with Crippen molar-refractivity contribution in [1.82, 2.24) is 14.9 Å². The summed E-state index contributed by atoms with van der Waals surface area (Å²) in [4.78, 5) is 36.3. The summed E-state index contributed by atoms with van der Waals surface area (Å²) in [6.45, 7) is 1.04. The molecule has 0 N–H and O–H groups in total. The molecule has 1 fully saturated rings. The van der Waals surface area contributed by atoms with E-state index in [-0.39, 0.29) is 23.8 Å². The summed E-state index contributed by atoms with van der Waals surface area (Å²) < 4.78 is 6.64. The van der Waals surface area contributed by atoms with Crippen molar-refractivity contribution in [3.05, 3.63) is 88.2 Å². The van der Waals surface area contributed by atoms with Gasteiger partial charge in [-0.25, -0.2) is 9.97 Å². The number of halogens is 1. The van der Waals surface area contributed by atoms with Crippen LogP contribution in [0.5, 0.6) is 6.01 Å². The number of carbonyl (C=O) groups excluding carboxylic acids is 2. The van der Waals surface area contributed by atoms with Crippen LogP contribution in [0.4, 0.5) is 0 Å². The summed E-state index contributed by atoms with van der Waals surface area (Å²) in [6.07, 6.45) is 4.68. The molecule has 152 valence electrons. The molecule has 0 saturated carbocycles. The predicted molar refractivity (Wildman–Crippen MR) is 116 cm³/mol. The summed E-state index contributed by atoms with van der Waals surface area (Å²) in [5.74, 6) is -0.326. The minimum atomic E-state index is -0.194. The van der Waals surface area contributed by atoms with Gasteiger partial charge in [-0.3, -0.25) is 9.59 Å². The lowest BCUT2D eigenvalue weighted by Crippen LogP contribution is -2.44. The van der Waals surface area contributed by atoms with E-state index in [1.54, 1.807) is 53.7 Å². The number of nitrogens with zero attached hydrogens (tertiary/aromatic N) is 3. The number of carbonyl (C=O) groups is 2. The number of ether oxygens (including phenoxy) is 1. The molecule has 1 amide bonds. The minimum absolute atomic E-state index is 0.160. The monoisotopic (exact) mass is 465 g/mol. The zero-order valence-electron chi connectivity index (χ0n) is 16.2. The number of hydrogen-bond acceptors (Lipinski definition) is 5. The molecule has 1 saturated heterocycles. The molecule has 1 atom stereocenters. The Morgan fingerprint density at radius 3 is 2.37 bits per heavy atom. The molecule has 0 aliphatic carbocycles. The zero-order valence-corrected chi connectivity index (χ0v) is 17.8. The first-order valence-electron chi connectivity index (χ1n) is 9.74. The molecule has 6 nitrogen and oxygen atoms in total. The van der Waals surface area contributed by atoms with E-state index >= 15 is 0 Å². The van der Waals surface area contributed by atoms with Crippen LogP contribution in [-0.4, -0.2) is 45.8 Å². The number of aromatic nitrogens is 2. The van der Waals surface area contributed by atoms with E-state index in [9.17, 15) is 9.59 Å². The molecule has 2 aromatic carbocycles. The molecule has 1 aliphatic heterocycles. The van der Waals surface area contributed by atoms with E-state index in [4.69, 9.17) is 4.74 Å². The van der Waals surface area contributed by atoms with Gasteiger partial charge < -0.3 is 9.64 Å². The highest BCUT2D eigenvalue weighted by molar-refractivity contribution is 9.10. The Balaban J connectivity index is 1.51. The fourth-order valence-corrected chi connectivity index (χ4v) is 3.72. The molecule has 3 aromatic rings. The lowest BCUT2D eigenvalue weighted by Gasteiger charge is -2.32. The van der Waals surface area contributed by atoms with Gasteiger partial charge in [0.1, 0.15) is 6.10 Å². The Bertz CT molecular complexity index is 1040. The number of likely N-dealkylation sites (tertiary alicyclic amines) is 1. The molecule has 0 spiro atoms. The van der Waals surface area contributed by atoms with Crippen molar-refractivity contribution in [2.45, 2.75) is 18.9 Å². The Kier molecular flexibility index (Phi) is 6.18. The molecule has 0 bridgehead atoms. The maximum absolute atomic E-state index is 13.3. The van der Waals surface area contributed by atoms with Crippen LogP contribution < -0.4 is 4.74 Å². The first kappa shape index (κ1) is 20.2. The second kappa shape index (κ2) is 9.17. The van der Waals surface area contributed by atoms with Gasteiger partial charge in [0, 0.05) is 30.1 Å². The Morgan fingerprint density at radius 2 is 1.63 bits per heavy atom. The van der Waals surface area contributed by atoms with E-state index in [0.717, 1.165) is 17.3 Å². The van der Waals surface area contributed by atoms with E-state index in [2.05, 4.69) is 25.9 Å². The molecule has 30 heavy (non-hydrogen) atoms. The number of benzene rings is 2. The number of rotatable bonds is 5. The second-order valence-corrected chi connectivity index (χ2v) is 7.97. The number of amides is 1. The van der Waals surface area contributed by atoms with Crippen LogP contribution in [0.15, 0.2) is 71.5 Å². The van der Waals surface area contributed by atoms with Crippen LogP contribution in [0, 0.1) is 0 Å². The minimum Gasteiger partial charge on any atom is -0.458 e. The Labute approximate surface area is 183 Å². The largest absolute Gasteiger partial charge is 0.458 e. The van der Waals surface area contributed by atoms with Gasteiger partial charge in [-0.2, -0.15) is 0 Å². The number of ketones is 1. The van der Waals surface area contributed by atoms with Crippen LogP contribution in [-0.2, 0) is 0 Å². The summed E-state index contributed by atoms with van der Waals surface area (Å²) in [5.41, 5.74) is 1.38. The summed E-state index contributed by atoms with van der Waals surface area (Å²) >= 11 is 3.30. The third kappa shape index (κ3) is 4.57. The van der Waals surface area contributed by atoms with E-state index < -0.39 is 0 Å². The SMILES string of the molecule is O=C(c1ccccc1)c1ccccc1C(=O)N1CCCC(Oc2ncc(Br)cn2)C1. The maximum Gasteiger partial charge on any atom is 0.316 e. The van der Waals surface area contributed by atoms with E-state index in [0.29, 0.717) is 29.8 Å². The van der Waals surface area contributed by atoms with Gasteiger partial charge in [-0.15, -0.1) is 0 Å². The van der Waals surface area contributed by atoms with Gasteiger partial charge in [0.25, 0.3) is 5.91 Å². The molecule has 2 heterocycles. The Hall–Kier alpha value is -3.06.